The van der Waals surface area contributed by atoms with Gasteiger partial charge in [-0.05, 0) is 26.2 Å². The van der Waals surface area contributed by atoms with Crippen molar-refractivity contribution in [3.8, 4) is 0 Å². The van der Waals surface area contributed by atoms with Crippen molar-refractivity contribution in [1.82, 2.24) is 19.5 Å². The summed E-state index contributed by atoms with van der Waals surface area (Å²) in [5.74, 6) is 0.951. The van der Waals surface area contributed by atoms with Gasteiger partial charge in [-0.1, -0.05) is 11.8 Å². The van der Waals surface area contributed by atoms with Gasteiger partial charge in [-0.2, -0.15) is 0 Å². The van der Waals surface area contributed by atoms with Crippen molar-refractivity contribution in [3.63, 3.8) is 0 Å². The van der Waals surface area contributed by atoms with Crippen molar-refractivity contribution in [2.75, 3.05) is 11.5 Å². The maximum absolute atomic E-state index is 12.1. The Kier molecular flexibility index (Phi) is 3.80. The van der Waals surface area contributed by atoms with Crippen LogP contribution in [0.2, 0.25) is 0 Å². The smallest absolute Gasteiger partial charge is 0.254 e. The van der Waals surface area contributed by atoms with Crippen molar-refractivity contribution in [2.24, 2.45) is 0 Å². The van der Waals surface area contributed by atoms with Crippen LogP contribution in [0.3, 0.4) is 0 Å². The predicted molar refractivity (Wildman–Crippen MR) is 91.1 cm³/mol. The lowest BCUT2D eigenvalue weighted by Gasteiger charge is -2.28. The molecule has 2 aromatic heterocycles. The van der Waals surface area contributed by atoms with Gasteiger partial charge in [-0.3, -0.25) is 4.79 Å². The number of H-pyrrole nitrogens is 1. The van der Waals surface area contributed by atoms with Crippen LogP contribution in [-0.2, 0) is 28.4 Å². The second-order valence-corrected chi connectivity index (χ2v) is 9.47. The van der Waals surface area contributed by atoms with E-state index >= 15 is 0 Å². The zero-order chi connectivity index (χ0) is 16.9. The van der Waals surface area contributed by atoms with Crippen LogP contribution in [0.15, 0.2) is 16.3 Å². The summed E-state index contributed by atoms with van der Waals surface area (Å²) >= 11 is 1.46. The number of hydrogen-bond acceptors (Lipinski definition) is 6. The topological polar surface area (TPSA) is 97.7 Å². The second kappa shape index (κ2) is 5.73. The normalized spacial score (nSPS) is 19.2. The zero-order valence-corrected chi connectivity index (χ0v) is 14.9. The molecule has 0 saturated carbocycles. The highest BCUT2D eigenvalue weighted by atomic mass is 32.2. The minimum atomic E-state index is -2.88. The van der Waals surface area contributed by atoms with E-state index in [4.69, 9.17) is 0 Å². The van der Waals surface area contributed by atoms with Gasteiger partial charge in [0.05, 0.1) is 41.0 Å². The van der Waals surface area contributed by atoms with Crippen molar-refractivity contribution in [3.05, 3.63) is 39.3 Å². The summed E-state index contributed by atoms with van der Waals surface area (Å²) in [4.78, 5) is 23.8. The molecule has 24 heavy (non-hydrogen) atoms. The molecule has 1 fully saturated rings. The minimum absolute atomic E-state index is 0.0289. The van der Waals surface area contributed by atoms with E-state index in [9.17, 15) is 13.2 Å². The van der Waals surface area contributed by atoms with Crippen LogP contribution in [0, 0.1) is 6.92 Å². The Labute approximate surface area is 143 Å². The van der Waals surface area contributed by atoms with Gasteiger partial charge in [0, 0.05) is 11.3 Å². The summed E-state index contributed by atoms with van der Waals surface area (Å²) in [6.07, 6.45) is 4.37. The lowest BCUT2D eigenvalue weighted by Crippen LogP contribution is -2.38. The highest BCUT2D eigenvalue weighted by Crippen LogP contribution is 2.29. The first-order valence-electron chi connectivity index (χ1n) is 7.90. The Morgan fingerprint density at radius 2 is 2.17 bits per heavy atom. The largest absolute Gasteiger partial charge is 0.328 e. The molecule has 1 N–H and O–H groups in total. The molecule has 0 amide bonds. The third-order valence-corrected chi connectivity index (χ3v) is 7.33. The van der Waals surface area contributed by atoms with Crippen molar-refractivity contribution < 1.29 is 8.42 Å². The number of aryl methyl sites for hydroxylation is 2. The van der Waals surface area contributed by atoms with Gasteiger partial charge in [0.1, 0.15) is 0 Å². The molecule has 7 nitrogen and oxygen atoms in total. The molecule has 0 bridgehead atoms. The molecule has 0 unspecified atom stereocenters. The number of imidazole rings is 1. The van der Waals surface area contributed by atoms with E-state index in [0.29, 0.717) is 10.9 Å². The second-order valence-electron chi connectivity index (χ2n) is 6.35. The molecule has 2 aromatic rings. The molecule has 128 valence electrons. The average Bonchev–Trinajstić information content (AvgIpc) is 3.09. The predicted octanol–water partition coefficient (Wildman–Crippen LogP) is 1.03. The molecular weight excluding hydrogens is 348 g/mol. The van der Waals surface area contributed by atoms with Gasteiger partial charge < -0.3 is 9.55 Å². The Morgan fingerprint density at radius 3 is 2.92 bits per heavy atom. The SMILES string of the molecule is Cc1ncn(C2CS(=O)(=O)C2)c1CSc1nc2c(c(=O)[nH]1)CCC2. The molecule has 1 saturated heterocycles. The molecule has 1 aliphatic carbocycles. The molecule has 1 aliphatic heterocycles. The number of nitrogens with zero attached hydrogens (tertiary/aromatic N) is 3. The number of rotatable bonds is 4. The van der Waals surface area contributed by atoms with Gasteiger partial charge >= 0.3 is 0 Å². The highest BCUT2D eigenvalue weighted by molar-refractivity contribution is 7.98. The van der Waals surface area contributed by atoms with Crippen molar-refractivity contribution in [1.29, 1.82) is 0 Å². The number of fused-ring (bicyclic) bond motifs is 1. The third-order valence-electron chi connectivity index (χ3n) is 4.66. The molecule has 0 aromatic carbocycles. The fourth-order valence-electron chi connectivity index (χ4n) is 3.30. The molecule has 9 heteroatoms. The fourth-order valence-corrected chi connectivity index (χ4v) is 5.66. The maximum Gasteiger partial charge on any atom is 0.254 e. The van der Waals surface area contributed by atoms with Crippen LogP contribution >= 0.6 is 11.8 Å². The Hall–Kier alpha value is -1.61. The lowest BCUT2D eigenvalue weighted by molar-refractivity contribution is 0.500. The maximum atomic E-state index is 12.1. The molecule has 0 atom stereocenters. The van der Waals surface area contributed by atoms with Crippen LogP contribution in [0.5, 0.6) is 0 Å². The number of aromatic nitrogens is 4. The first kappa shape index (κ1) is 15.9. The molecule has 2 aliphatic rings. The van der Waals surface area contributed by atoms with Gasteiger partial charge in [0.25, 0.3) is 5.56 Å². The minimum Gasteiger partial charge on any atom is -0.328 e. The van der Waals surface area contributed by atoms with Crippen LogP contribution in [-0.4, -0.2) is 39.4 Å². The standard InChI is InChI=1S/C15H18N4O3S2/c1-9-13(19(8-16-9)10-6-24(21,22)7-10)5-23-15-17-12-4-2-3-11(12)14(20)18-15/h8,10H,2-7H2,1H3,(H,17,18,20). The first-order valence-corrected chi connectivity index (χ1v) is 10.7. The van der Waals surface area contributed by atoms with E-state index in [1.807, 2.05) is 11.5 Å². The summed E-state index contributed by atoms with van der Waals surface area (Å²) in [7, 11) is -2.88. The van der Waals surface area contributed by atoms with E-state index in [0.717, 1.165) is 41.9 Å². The van der Waals surface area contributed by atoms with E-state index in [-0.39, 0.29) is 23.1 Å². The summed E-state index contributed by atoms with van der Waals surface area (Å²) in [5.41, 5.74) is 3.57. The first-order chi connectivity index (χ1) is 11.4. The van der Waals surface area contributed by atoms with Gasteiger partial charge in [-0.25, -0.2) is 18.4 Å². The summed E-state index contributed by atoms with van der Waals surface area (Å²) in [6, 6.07) is -0.0289. The van der Waals surface area contributed by atoms with Crippen LogP contribution in [0.4, 0.5) is 0 Å². The number of nitrogens with one attached hydrogen (secondary N) is 1. The monoisotopic (exact) mass is 366 g/mol. The zero-order valence-electron chi connectivity index (χ0n) is 13.3. The average molecular weight is 366 g/mol. The molecule has 3 heterocycles. The van der Waals surface area contributed by atoms with E-state index in [1.165, 1.54) is 11.8 Å². The van der Waals surface area contributed by atoms with Crippen molar-refractivity contribution in [2.45, 2.75) is 43.1 Å². The highest BCUT2D eigenvalue weighted by Gasteiger charge is 2.35. The third kappa shape index (κ3) is 2.79. The summed E-state index contributed by atoms with van der Waals surface area (Å²) < 4.78 is 24.8. The van der Waals surface area contributed by atoms with Gasteiger partial charge in [0.15, 0.2) is 15.0 Å². The van der Waals surface area contributed by atoms with Crippen LogP contribution in [0.25, 0.3) is 0 Å². The number of aromatic amines is 1. The molecular formula is C15H18N4O3S2. The van der Waals surface area contributed by atoms with Crippen LogP contribution in [0.1, 0.15) is 35.1 Å². The molecule has 0 radical (unpaired) electrons. The van der Waals surface area contributed by atoms with E-state index in [1.54, 1.807) is 6.33 Å². The van der Waals surface area contributed by atoms with Crippen molar-refractivity contribution >= 4 is 21.6 Å². The summed E-state index contributed by atoms with van der Waals surface area (Å²) in [5, 5.41) is 0.619. The van der Waals surface area contributed by atoms with Gasteiger partial charge in [-0.15, -0.1) is 0 Å². The Balaban J connectivity index is 1.54. The van der Waals surface area contributed by atoms with E-state index < -0.39 is 9.84 Å². The molecule has 0 spiro atoms. The fraction of sp³-hybridized carbons (Fsp3) is 0.533. The van der Waals surface area contributed by atoms with Gasteiger partial charge in [0.2, 0.25) is 0 Å². The summed E-state index contributed by atoms with van der Waals surface area (Å²) in [6.45, 7) is 1.92. The lowest BCUT2D eigenvalue weighted by atomic mass is 10.3. The quantitative estimate of drug-likeness (QED) is 0.641. The number of sulfone groups is 1. The Bertz CT molecular complexity index is 950. The number of thioether (sulfide) groups is 1. The molecule has 4 rings (SSSR count). The number of hydrogen-bond donors (Lipinski definition) is 1. The van der Waals surface area contributed by atoms with E-state index in [2.05, 4.69) is 15.0 Å². The Morgan fingerprint density at radius 1 is 1.38 bits per heavy atom. The van der Waals surface area contributed by atoms with Crippen LogP contribution < -0.4 is 5.56 Å².